The quantitative estimate of drug-likeness (QED) is 0.335. The molecule has 0 fully saturated rings. The summed E-state index contributed by atoms with van der Waals surface area (Å²) >= 11 is 0. The van der Waals surface area contributed by atoms with Crippen LogP contribution < -0.4 is 0 Å². The van der Waals surface area contributed by atoms with Gasteiger partial charge in [-0.2, -0.15) is 0 Å². The van der Waals surface area contributed by atoms with Gasteiger partial charge in [0.2, 0.25) is 0 Å². The fraction of sp³-hybridized carbons (Fsp3) is 0. The van der Waals surface area contributed by atoms with Crippen LogP contribution in [0.2, 0.25) is 0 Å². The molecule has 0 amide bonds. The van der Waals surface area contributed by atoms with Crippen LogP contribution in [-0.4, -0.2) is 10.2 Å². The highest BCUT2D eigenvalue weighted by Crippen LogP contribution is 2.35. The molecule has 2 aromatic heterocycles. The summed E-state index contributed by atoms with van der Waals surface area (Å²) in [5.74, 6) is 1.07. The van der Waals surface area contributed by atoms with E-state index in [0.717, 1.165) is 33.6 Å². The number of halogens is 1. The van der Waals surface area contributed by atoms with Gasteiger partial charge in [-0.05, 0) is 42.5 Å². The highest BCUT2D eigenvalue weighted by Gasteiger charge is 2.16. The van der Waals surface area contributed by atoms with Crippen molar-refractivity contribution in [3.05, 3.63) is 109 Å². The Morgan fingerprint density at radius 1 is 0.567 bits per heavy atom. The van der Waals surface area contributed by atoms with E-state index in [0.29, 0.717) is 11.5 Å². The molecule has 0 atom stereocenters. The minimum Gasteiger partial charge on any atom is -0.456 e. The van der Waals surface area contributed by atoms with E-state index in [-0.39, 0.29) is 5.82 Å². The summed E-state index contributed by atoms with van der Waals surface area (Å²) in [7, 11) is 0. The van der Waals surface area contributed by atoms with Gasteiger partial charge in [0, 0.05) is 22.3 Å². The summed E-state index contributed by atoms with van der Waals surface area (Å²) < 4.78 is 19.4. The highest BCUT2D eigenvalue weighted by atomic mass is 19.1. The zero-order chi connectivity index (χ0) is 20.3. The van der Waals surface area contributed by atoms with Crippen LogP contribution in [-0.2, 0) is 0 Å². The predicted molar refractivity (Wildman–Crippen MR) is 116 cm³/mol. The maximum atomic E-state index is 13.3. The molecule has 5 rings (SSSR count). The number of hydrogen-bond acceptors (Lipinski definition) is 3. The highest BCUT2D eigenvalue weighted by molar-refractivity contribution is 5.81. The Morgan fingerprint density at radius 3 is 1.90 bits per heavy atom. The molecule has 4 heteroatoms. The Hall–Kier alpha value is -4.05. The van der Waals surface area contributed by atoms with Crippen molar-refractivity contribution in [2.24, 2.45) is 0 Å². The molecular formula is C26H17FN2O. The Labute approximate surface area is 173 Å². The molecule has 0 radical (unpaired) electrons. The SMILES string of the molecule is Fc1ccc(-c2ccc(-c3cc(-c4ccccc4)nnc3-c3ccccc3)o2)cc1. The van der Waals surface area contributed by atoms with Gasteiger partial charge in [0.15, 0.2) is 0 Å². The van der Waals surface area contributed by atoms with Gasteiger partial charge in [-0.25, -0.2) is 4.39 Å². The van der Waals surface area contributed by atoms with E-state index in [4.69, 9.17) is 4.42 Å². The van der Waals surface area contributed by atoms with Crippen LogP contribution in [0.4, 0.5) is 4.39 Å². The molecule has 30 heavy (non-hydrogen) atoms. The van der Waals surface area contributed by atoms with Crippen molar-refractivity contribution in [2.75, 3.05) is 0 Å². The largest absolute Gasteiger partial charge is 0.456 e. The molecule has 0 aliphatic carbocycles. The van der Waals surface area contributed by atoms with Crippen molar-refractivity contribution >= 4 is 0 Å². The lowest BCUT2D eigenvalue weighted by Gasteiger charge is -2.09. The third-order valence-electron chi connectivity index (χ3n) is 4.91. The second-order valence-corrected chi connectivity index (χ2v) is 6.89. The molecule has 0 unspecified atom stereocenters. The maximum absolute atomic E-state index is 13.3. The third-order valence-corrected chi connectivity index (χ3v) is 4.91. The first-order chi connectivity index (χ1) is 14.8. The summed E-state index contributed by atoms with van der Waals surface area (Å²) in [5, 5.41) is 8.99. The predicted octanol–water partition coefficient (Wildman–Crippen LogP) is 6.88. The number of rotatable bonds is 4. The van der Waals surface area contributed by atoms with Gasteiger partial charge >= 0.3 is 0 Å². The van der Waals surface area contributed by atoms with E-state index in [2.05, 4.69) is 10.2 Å². The van der Waals surface area contributed by atoms with Crippen molar-refractivity contribution in [1.82, 2.24) is 10.2 Å². The van der Waals surface area contributed by atoms with Gasteiger partial charge in [0.25, 0.3) is 0 Å². The summed E-state index contributed by atoms with van der Waals surface area (Å²) in [4.78, 5) is 0. The Morgan fingerprint density at radius 2 is 1.20 bits per heavy atom. The average molecular weight is 392 g/mol. The van der Waals surface area contributed by atoms with Gasteiger partial charge in [0.1, 0.15) is 23.0 Å². The molecule has 0 aliphatic rings. The lowest BCUT2D eigenvalue weighted by atomic mass is 10.0. The van der Waals surface area contributed by atoms with Crippen molar-refractivity contribution < 1.29 is 8.81 Å². The van der Waals surface area contributed by atoms with Crippen LogP contribution in [0.5, 0.6) is 0 Å². The fourth-order valence-electron chi connectivity index (χ4n) is 3.39. The maximum Gasteiger partial charge on any atom is 0.137 e. The Balaban J connectivity index is 1.64. The van der Waals surface area contributed by atoms with Gasteiger partial charge in [-0.1, -0.05) is 60.7 Å². The van der Waals surface area contributed by atoms with Crippen molar-refractivity contribution in [1.29, 1.82) is 0 Å². The van der Waals surface area contributed by atoms with E-state index in [1.807, 2.05) is 78.9 Å². The molecule has 0 bridgehead atoms. The minimum atomic E-state index is -0.275. The molecular weight excluding hydrogens is 375 g/mol. The fourth-order valence-corrected chi connectivity index (χ4v) is 3.39. The molecule has 144 valence electrons. The van der Waals surface area contributed by atoms with Crippen LogP contribution in [0.25, 0.3) is 45.2 Å². The summed E-state index contributed by atoms with van der Waals surface area (Å²) in [6, 6.07) is 31.9. The molecule has 3 nitrogen and oxygen atoms in total. The molecule has 0 N–H and O–H groups in total. The van der Waals surface area contributed by atoms with Crippen LogP contribution in [0, 0.1) is 5.82 Å². The van der Waals surface area contributed by atoms with E-state index in [1.165, 1.54) is 12.1 Å². The normalized spacial score (nSPS) is 10.8. The first-order valence-corrected chi connectivity index (χ1v) is 9.63. The van der Waals surface area contributed by atoms with Crippen LogP contribution in [0.15, 0.2) is 108 Å². The molecule has 0 aliphatic heterocycles. The zero-order valence-corrected chi connectivity index (χ0v) is 16.0. The lowest BCUT2D eigenvalue weighted by molar-refractivity contribution is 0.596. The van der Waals surface area contributed by atoms with E-state index < -0.39 is 0 Å². The average Bonchev–Trinajstić information content (AvgIpc) is 3.30. The third kappa shape index (κ3) is 3.51. The van der Waals surface area contributed by atoms with E-state index >= 15 is 0 Å². The molecule has 0 saturated carbocycles. The van der Waals surface area contributed by atoms with Gasteiger partial charge in [0.05, 0.1) is 5.69 Å². The minimum absolute atomic E-state index is 0.275. The Bertz CT molecular complexity index is 1280. The van der Waals surface area contributed by atoms with Gasteiger partial charge in [-0.3, -0.25) is 0 Å². The van der Waals surface area contributed by atoms with Gasteiger partial charge < -0.3 is 4.42 Å². The number of aromatic nitrogens is 2. The summed E-state index contributed by atoms with van der Waals surface area (Å²) in [6.45, 7) is 0. The number of benzene rings is 3. The monoisotopic (exact) mass is 392 g/mol. The smallest absolute Gasteiger partial charge is 0.137 e. The van der Waals surface area contributed by atoms with E-state index in [1.54, 1.807) is 12.1 Å². The summed E-state index contributed by atoms with van der Waals surface area (Å²) in [5.41, 5.74) is 5.12. The number of furan rings is 1. The molecule has 3 aromatic carbocycles. The molecule has 0 spiro atoms. The van der Waals surface area contributed by atoms with Crippen LogP contribution >= 0.6 is 0 Å². The Kier molecular flexibility index (Phi) is 4.66. The van der Waals surface area contributed by atoms with Crippen molar-refractivity contribution in [3.63, 3.8) is 0 Å². The molecule has 5 aromatic rings. The van der Waals surface area contributed by atoms with Crippen LogP contribution in [0.3, 0.4) is 0 Å². The number of nitrogens with zero attached hydrogens (tertiary/aromatic N) is 2. The number of hydrogen-bond donors (Lipinski definition) is 0. The van der Waals surface area contributed by atoms with Crippen LogP contribution in [0.1, 0.15) is 0 Å². The first kappa shape index (κ1) is 18.0. The van der Waals surface area contributed by atoms with Crippen molar-refractivity contribution in [3.8, 4) is 45.2 Å². The topological polar surface area (TPSA) is 38.9 Å². The first-order valence-electron chi connectivity index (χ1n) is 9.63. The van der Waals surface area contributed by atoms with Gasteiger partial charge in [-0.15, -0.1) is 10.2 Å². The second kappa shape index (κ2) is 7.76. The standard InChI is InChI=1S/C26H17FN2O/c27-21-13-11-19(12-14-21)24-15-16-25(30-24)22-17-23(18-7-3-1-4-8-18)28-29-26(22)20-9-5-2-6-10-20/h1-17H. The van der Waals surface area contributed by atoms with Crippen molar-refractivity contribution in [2.45, 2.75) is 0 Å². The lowest BCUT2D eigenvalue weighted by Crippen LogP contribution is -1.95. The summed E-state index contributed by atoms with van der Waals surface area (Å²) in [6.07, 6.45) is 0. The zero-order valence-electron chi connectivity index (χ0n) is 16.0. The second-order valence-electron chi connectivity index (χ2n) is 6.89. The molecule has 2 heterocycles. The molecule has 0 saturated heterocycles. The van der Waals surface area contributed by atoms with E-state index in [9.17, 15) is 4.39 Å².